The Morgan fingerprint density at radius 3 is 2.17 bits per heavy atom. The van der Waals surface area contributed by atoms with Crippen LogP contribution in [0, 0.1) is 5.92 Å². The van der Waals surface area contributed by atoms with Gasteiger partial charge in [0.05, 0.1) is 6.67 Å². The van der Waals surface area contributed by atoms with Crippen molar-refractivity contribution < 1.29 is 23.9 Å². The minimum absolute atomic E-state index is 0.00109. The fourth-order valence-corrected chi connectivity index (χ4v) is 6.96. The van der Waals surface area contributed by atoms with Crippen molar-refractivity contribution in [1.29, 1.82) is 0 Å². The summed E-state index contributed by atoms with van der Waals surface area (Å²) in [6.07, 6.45) is 2.26. The molecule has 0 radical (unpaired) electrons. The van der Waals surface area contributed by atoms with Gasteiger partial charge < -0.3 is 29.7 Å². The summed E-state index contributed by atoms with van der Waals surface area (Å²) in [5.74, 6) is -0.0498. The molecule has 2 aromatic carbocycles. The number of nitrogens with one attached hydrogen (secondary N) is 1. The van der Waals surface area contributed by atoms with Gasteiger partial charge in [-0.2, -0.15) is 0 Å². The highest BCUT2D eigenvalue weighted by Gasteiger charge is 2.54. The highest BCUT2D eigenvalue weighted by Crippen LogP contribution is 2.40. The number of carbonyl (C=O) groups excluding carboxylic acids is 4. The lowest BCUT2D eigenvalue weighted by Gasteiger charge is -2.43. The lowest BCUT2D eigenvalue weighted by Crippen LogP contribution is -2.57. The second-order valence-corrected chi connectivity index (χ2v) is 15.3. The summed E-state index contributed by atoms with van der Waals surface area (Å²) in [4.78, 5) is 61.0. The number of nitrogens with zero attached hydrogens (tertiary/aromatic N) is 4. The van der Waals surface area contributed by atoms with Crippen LogP contribution in [0.15, 0.2) is 54.6 Å². The average Bonchev–Trinajstić information content (AvgIpc) is 3.29. The highest BCUT2D eigenvalue weighted by atomic mass is 16.6. The third-order valence-electron chi connectivity index (χ3n) is 9.59. The summed E-state index contributed by atoms with van der Waals surface area (Å²) < 4.78 is 5.36. The van der Waals surface area contributed by atoms with Gasteiger partial charge in [0.25, 0.3) is 11.8 Å². The Hall–Kier alpha value is -4.08. The van der Waals surface area contributed by atoms with Crippen LogP contribution in [0.1, 0.15) is 83.1 Å². The molecule has 1 unspecified atom stereocenters. The first-order chi connectivity index (χ1) is 22.2. The first kappa shape index (κ1) is 34.3. The highest BCUT2D eigenvalue weighted by molar-refractivity contribution is 5.97. The Bertz CT molecular complexity index is 1440. The molecule has 0 aromatic heterocycles. The minimum atomic E-state index is -0.823. The Morgan fingerprint density at radius 2 is 1.55 bits per heavy atom. The maximum absolute atomic E-state index is 14.3. The molecule has 3 heterocycles. The van der Waals surface area contributed by atoms with Gasteiger partial charge in [-0.1, -0.05) is 51.1 Å². The van der Waals surface area contributed by atoms with Gasteiger partial charge in [0.15, 0.2) is 0 Å². The van der Waals surface area contributed by atoms with E-state index in [4.69, 9.17) is 4.74 Å². The van der Waals surface area contributed by atoms with Gasteiger partial charge in [0.1, 0.15) is 17.7 Å². The second-order valence-electron chi connectivity index (χ2n) is 15.3. The zero-order valence-electron chi connectivity index (χ0n) is 28.9. The molecule has 3 fully saturated rings. The number of ether oxygens (including phenoxy) is 1. The first-order valence-electron chi connectivity index (χ1n) is 16.9. The van der Waals surface area contributed by atoms with Crippen molar-refractivity contribution in [3.63, 3.8) is 0 Å². The summed E-state index contributed by atoms with van der Waals surface area (Å²) in [5.41, 5.74) is 1.37. The second kappa shape index (κ2) is 13.6. The zero-order chi connectivity index (χ0) is 34.0. The third kappa shape index (κ3) is 7.91. The van der Waals surface area contributed by atoms with Crippen molar-refractivity contribution in [2.45, 2.75) is 83.8 Å². The summed E-state index contributed by atoms with van der Waals surface area (Å²) in [6.45, 7) is 14.7. The van der Waals surface area contributed by atoms with Gasteiger partial charge in [-0.15, -0.1) is 0 Å². The summed E-state index contributed by atoms with van der Waals surface area (Å²) in [5, 5.41) is 2.84. The Balaban J connectivity index is 1.24. The van der Waals surface area contributed by atoms with Gasteiger partial charge in [-0.25, -0.2) is 4.79 Å². The average molecular weight is 646 g/mol. The lowest BCUT2D eigenvalue weighted by atomic mass is 9.84. The number of carbonyl (C=O) groups is 4. The smallest absolute Gasteiger partial charge is 0.407 e. The molecule has 3 saturated heterocycles. The number of anilines is 1. The Labute approximate surface area is 279 Å². The molecule has 10 heteroatoms. The van der Waals surface area contributed by atoms with Gasteiger partial charge in [0.2, 0.25) is 5.91 Å². The van der Waals surface area contributed by atoms with Crippen molar-refractivity contribution in [1.82, 2.24) is 20.0 Å². The molecule has 2 aromatic rings. The molecule has 1 spiro atoms. The number of hydrogen-bond donors (Lipinski definition) is 1. The van der Waals surface area contributed by atoms with E-state index in [1.165, 1.54) is 5.56 Å². The quantitative estimate of drug-likeness (QED) is 0.473. The van der Waals surface area contributed by atoms with Crippen LogP contribution in [0.5, 0.6) is 0 Å². The zero-order valence-corrected chi connectivity index (χ0v) is 28.9. The van der Waals surface area contributed by atoms with Crippen LogP contribution in [0.3, 0.4) is 0 Å². The molecule has 5 rings (SSSR count). The molecule has 0 bridgehead atoms. The number of piperidine rings is 2. The van der Waals surface area contributed by atoms with Crippen LogP contribution in [-0.2, 0) is 19.7 Å². The number of rotatable bonds is 6. The van der Waals surface area contributed by atoms with E-state index in [9.17, 15) is 19.2 Å². The number of alkyl carbamates (subject to hydrolysis) is 1. The van der Waals surface area contributed by atoms with E-state index in [0.717, 1.165) is 18.5 Å². The SMILES string of the molecule is CC(C)(C)OC(=O)NCC1CCCN(C(=O)CN2CN(c3ccccc3)C3(CCN(C(=O)c4ccc(C(C)(C)C)cc4)CC3)C2=O)C1. The Kier molecular flexibility index (Phi) is 9.89. The standard InChI is InChI=1S/C37H51N5O5/c1-35(2,3)29-16-14-28(15-17-29)32(44)39-21-18-37(19-22-39)33(45)41(26-42(37)30-12-8-7-9-13-30)25-31(43)40-20-10-11-27(24-40)23-38-34(46)47-36(4,5)6/h7-9,12-17,27H,10-11,18-26H2,1-6H3,(H,38,46). The summed E-state index contributed by atoms with van der Waals surface area (Å²) in [6, 6.07) is 17.7. The van der Waals surface area contributed by atoms with Gasteiger partial charge in [-0.3, -0.25) is 14.4 Å². The van der Waals surface area contributed by atoms with E-state index in [0.29, 0.717) is 57.8 Å². The summed E-state index contributed by atoms with van der Waals surface area (Å²) >= 11 is 0. The monoisotopic (exact) mass is 645 g/mol. The van der Waals surface area contributed by atoms with Crippen LogP contribution in [0.25, 0.3) is 0 Å². The van der Waals surface area contributed by atoms with Crippen molar-refractivity contribution >= 4 is 29.5 Å². The topological polar surface area (TPSA) is 102 Å². The molecule has 0 saturated carbocycles. The van der Waals surface area contributed by atoms with E-state index in [1.54, 1.807) is 4.90 Å². The van der Waals surface area contributed by atoms with Crippen molar-refractivity contribution in [2.24, 2.45) is 5.92 Å². The van der Waals surface area contributed by atoms with Crippen LogP contribution in [0.2, 0.25) is 0 Å². The molecule has 254 valence electrons. The van der Waals surface area contributed by atoms with E-state index in [-0.39, 0.29) is 35.6 Å². The Morgan fingerprint density at radius 1 is 0.894 bits per heavy atom. The molecule has 4 amide bonds. The fraction of sp³-hybridized carbons (Fsp3) is 0.568. The minimum Gasteiger partial charge on any atom is -0.444 e. The molecule has 10 nitrogen and oxygen atoms in total. The number of amides is 4. The summed E-state index contributed by atoms with van der Waals surface area (Å²) in [7, 11) is 0. The van der Waals surface area contributed by atoms with Crippen LogP contribution >= 0.6 is 0 Å². The van der Waals surface area contributed by atoms with E-state index in [2.05, 4.69) is 31.0 Å². The van der Waals surface area contributed by atoms with Crippen LogP contribution in [0.4, 0.5) is 10.5 Å². The largest absolute Gasteiger partial charge is 0.444 e. The fourth-order valence-electron chi connectivity index (χ4n) is 6.96. The molecule has 0 aliphatic carbocycles. The molecule has 1 atom stereocenters. The van der Waals surface area contributed by atoms with Crippen LogP contribution < -0.4 is 10.2 Å². The molecular weight excluding hydrogens is 594 g/mol. The lowest BCUT2D eigenvalue weighted by molar-refractivity contribution is -0.141. The first-order valence-corrected chi connectivity index (χ1v) is 16.9. The van der Waals surface area contributed by atoms with Gasteiger partial charge in [-0.05, 0) is 87.6 Å². The third-order valence-corrected chi connectivity index (χ3v) is 9.59. The molecule has 3 aliphatic heterocycles. The van der Waals surface area contributed by atoms with Crippen molar-refractivity contribution in [2.75, 3.05) is 50.8 Å². The number of likely N-dealkylation sites (tertiary alicyclic amines) is 2. The van der Waals surface area contributed by atoms with Crippen molar-refractivity contribution in [3.8, 4) is 0 Å². The predicted octanol–water partition coefficient (Wildman–Crippen LogP) is 5.03. The molecular formula is C37H51N5O5. The number of para-hydroxylation sites is 1. The normalized spacial score (nSPS) is 20.0. The maximum Gasteiger partial charge on any atom is 0.407 e. The molecule has 3 aliphatic rings. The maximum atomic E-state index is 14.3. The van der Waals surface area contributed by atoms with Crippen LogP contribution in [-0.4, -0.2) is 95.6 Å². The van der Waals surface area contributed by atoms with Gasteiger partial charge >= 0.3 is 6.09 Å². The van der Waals surface area contributed by atoms with E-state index >= 15 is 0 Å². The number of benzene rings is 2. The predicted molar refractivity (Wildman–Crippen MR) is 182 cm³/mol. The molecule has 1 N–H and O–H groups in total. The van der Waals surface area contributed by atoms with E-state index < -0.39 is 17.2 Å². The number of hydrogen-bond acceptors (Lipinski definition) is 6. The van der Waals surface area contributed by atoms with E-state index in [1.807, 2.05) is 85.2 Å². The van der Waals surface area contributed by atoms with Gasteiger partial charge in [0, 0.05) is 44.0 Å². The molecule has 47 heavy (non-hydrogen) atoms. The van der Waals surface area contributed by atoms with Crippen molar-refractivity contribution in [3.05, 3.63) is 65.7 Å².